The lowest BCUT2D eigenvalue weighted by atomic mass is 9.90. The van der Waals surface area contributed by atoms with Crippen LogP contribution in [0.5, 0.6) is 0 Å². The Morgan fingerprint density at radius 1 is 1.39 bits per heavy atom. The Balaban J connectivity index is 2.27. The molecule has 0 saturated heterocycles. The fourth-order valence-electron chi connectivity index (χ4n) is 2.58. The third-order valence-corrected chi connectivity index (χ3v) is 4.00. The molecule has 100 valence electrons. The van der Waals surface area contributed by atoms with E-state index in [1.165, 1.54) is 30.5 Å². The number of nitrogens with one attached hydrogen (secondary N) is 1. The summed E-state index contributed by atoms with van der Waals surface area (Å²) in [4.78, 5) is 2.38. The van der Waals surface area contributed by atoms with Crippen LogP contribution in [0.25, 0.3) is 0 Å². The van der Waals surface area contributed by atoms with E-state index >= 15 is 0 Å². The molecule has 1 aliphatic rings. The minimum Gasteiger partial charge on any atom is -0.395 e. The highest BCUT2D eigenvalue weighted by Crippen LogP contribution is 2.33. The highest BCUT2D eigenvalue weighted by atomic mass is 16.3. The van der Waals surface area contributed by atoms with Gasteiger partial charge in [0.05, 0.1) is 6.61 Å². The van der Waals surface area contributed by atoms with E-state index in [4.69, 9.17) is 0 Å². The van der Waals surface area contributed by atoms with Crippen molar-refractivity contribution in [3.8, 4) is 0 Å². The van der Waals surface area contributed by atoms with Gasteiger partial charge in [-0.2, -0.15) is 0 Å². The van der Waals surface area contributed by atoms with E-state index in [-0.39, 0.29) is 6.61 Å². The van der Waals surface area contributed by atoms with Crippen LogP contribution in [-0.2, 0) is 0 Å². The van der Waals surface area contributed by atoms with Gasteiger partial charge >= 0.3 is 0 Å². The van der Waals surface area contributed by atoms with Crippen molar-refractivity contribution in [3.63, 3.8) is 0 Å². The highest BCUT2D eigenvalue weighted by Gasteiger charge is 2.26. The Morgan fingerprint density at radius 2 is 2.11 bits per heavy atom. The van der Waals surface area contributed by atoms with Gasteiger partial charge in [-0.25, -0.2) is 0 Å². The van der Waals surface area contributed by atoms with Crippen molar-refractivity contribution in [1.82, 2.24) is 5.32 Å². The molecular weight excluding hydrogens is 224 g/mol. The van der Waals surface area contributed by atoms with Gasteiger partial charge in [-0.15, -0.1) is 0 Å². The van der Waals surface area contributed by atoms with Crippen molar-refractivity contribution >= 4 is 5.69 Å². The number of aliphatic hydroxyl groups is 1. The topological polar surface area (TPSA) is 35.5 Å². The summed E-state index contributed by atoms with van der Waals surface area (Å²) in [5.74, 6) is 0. The second-order valence-electron chi connectivity index (χ2n) is 5.07. The van der Waals surface area contributed by atoms with Crippen LogP contribution >= 0.6 is 0 Å². The Labute approximate surface area is 110 Å². The van der Waals surface area contributed by atoms with E-state index in [9.17, 15) is 5.11 Å². The number of aliphatic hydroxyl groups excluding tert-OH is 1. The molecule has 0 heterocycles. The lowest BCUT2D eigenvalue weighted by molar-refractivity contribution is 0.283. The second-order valence-corrected chi connectivity index (χ2v) is 5.07. The first-order valence-corrected chi connectivity index (χ1v) is 6.91. The molecule has 3 nitrogen and oxygen atoms in total. The normalized spacial score (nSPS) is 17.3. The minimum atomic E-state index is 0.221. The number of rotatable bonds is 6. The van der Waals surface area contributed by atoms with Gasteiger partial charge in [0.25, 0.3) is 0 Å². The zero-order chi connectivity index (χ0) is 13.0. The summed E-state index contributed by atoms with van der Waals surface area (Å²) in [6.07, 6.45) is 3.82. The van der Waals surface area contributed by atoms with Crippen LogP contribution in [0.2, 0.25) is 0 Å². The smallest absolute Gasteiger partial charge is 0.0606 e. The third kappa shape index (κ3) is 2.68. The molecule has 18 heavy (non-hydrogen) atoms. The van der Waals surface area contributed by atoms with Crippen LogP contribution in [-0.4, -0.2) is 31.3 Å². The van der Waals surface area contributed by atoms with Crippen LogP contribution in [0.1, 0.15) is 37.8 Å². The van der Waals surface area contributed by atoms with Gasteiger partial charge < -0.3 is 15.3 Å². The maximum absolute atomic E-state index is 9.30. The Kier molecular flexibility index (Phi) is 4.61. The number of hydrogen-bond donors (Lipinski definition) is 2. The average molecular weight is 248 g/mol. The zero-order valence-electron chi connectivity index (χ0n) is 11.4. The summed E-state index contributed by atoms with van der Waals surface area (Å²) in [5, 5.41) is 12.6. The number of benzene rings is 1. The van der Waals surface area contributed by atoms with Crippen LogP contribution in [0, 0.1) is 0 Å². The van der Waals surface area contributed by atoms with Crippen LogP contribution in [0.4, 0.5) is 5.69 Å². The van der Waals surface area contributed by atoms with Gasteiger partial charge in [-0.1, -0.05) is 18.2 Å². The van der Waals surface area contributed by atoms with E-state index in [2.05, 4.69) is 41.4 Å². The molecule has 0 amide bonds. The highest BCUT2D eigenvalue weighted by molar-refractivity contribution is 5.56. The summed E-state index contributed by atoms with van der Waals surface area (Å²) >= 11 is 0. The molecule has 3 heteroatoms. The lowest BCUT2D eigenvalue weighted by Crippen LogP contribution is -2.42. The Bertz CT molecular complexity index is 377. The number of nitrogens with zero attached hydrogens (tertiary/aromatic N) is 1. The lowest BCUT2D eigenvalue weighted by Gasteiger charge is -2.40. The first kappa shape index (κ1) is 13.4. The van der Waals surface area contributed by atoms with Gasteiger partial charge in [0.1, 0.15) is 0 Å². The Hall–Kier alpha value is -1.06. The molecule has 1 saturated carbocycles. The molecule has 1 fully saturated rings. The van der Waals surface area contributed by atoms with Crippen LogP contribution in [0.15, 0.2) is 24.3 Å². The molecule has 0 spiro atoms. The molecule has 2 rings (SSSR count). The largest absolute Gasteiger partial charge is 0.395 e. The zero-order valence-corrected chi connectivity index (χ0v) is 11.4. The molecule has 0 aliphatic heterocycles. The molecule has 1 aromatic carbocycles. The second kappa shape index (κ2) is 6.21. The SMILES string of the molecule is CNC(C)c1ccccc1N(CCO)C1CCC1. The standard InChI is InChI=1S/C15H24N2O/c1-12(16-2)14-8-3-4-9-15(14)17(10-11-18)13-6-5-7-13/h3-4,8-9,12-13,16,18H,5-7,10-11H2,1-2H3. The molecule has 2 N–H and O–H groups in total. The van der Waals surface area contributed by atoms with Crippen molar-refractivity contribution in [2.45, 2.75) is 38.3 Å². The summed E-state index contributed by atoms with van der Waals surface area (Å²) in [5.41, 5.74) is 2.60. The van der Waals surface area contributed by atoms with Crippen molar-refractivity contribution in [2.24, 2.45) is 0 Å². The maximum atomic E-state index is 9.30. The fraction of sp³-hybridized carbons (Fsp3) is 0.600. The van der Waals surface area contributed by atoms with Crippen molar-refractivity contribution in [3.05, 3.63) is 29.8 Å². The molecule has 0 radical (unpaired) electrons. The summed E-state index contributed by atoms with van der Waals surface area (Å²) in [6, 6.07) is 9.48. The predicted molar refractivity (Wildman–Crippen MR) is 76.0 cm³/mol. The number of hydrogen-bond acceptors (Lipinski definition) is 3. The van der Waals surface area contributed by atoms with E-state index < -0.39 is 0 Å². The van der Waals surface area contributed by atoms with Gasteiger partial charge in [0, 0.05) is 24.3 Å². The van der Waals surface area contributed by atoms with E-state index in [1.807, 2.05) is 7.05 Å². The van der Waals surface area contributed by atoms with Crippen LogP contribution < -0.4 is 10.2 Å². The summed E-state index contributed by atoms with van der Waals surface area (Å²) < 4.78 is 0. The molecular formula is C15H24N2O. The van der Waals surface area contributed by atoms with E-state index in [0.29, 0.717) is 12.1 Å². The molecule has 0 bridgehead atoms. The quantitative estimate of drug-likeness (QED) is 0.811. The first-order valence-electron chi connectivity index (χ1n) is 6.91. The monoisotopic (exact) mass is 248 g/mol. The molecule has 1 unspecified atom stereocenters. The Morgan fingerprint density at radius 3 is 2.67 bits per heavy atom. The summed E-state index contributed by atoms with van der Waals surface area (Å²) in [6.45, 7) is 3.13. The molecule has 1 aromatic rings. The molecule has 1 atom stereocenters. The van der Waals surface area contributed by atoms with Gasteiger partial charge in [-0.3, -0.25) is 0 Å². The minimum absolute atomic E-state index is 0.221. The van der Waals surface area contributed by atoms with E-state index in [1.54, 1.807) is 0 Å². The average Bonchev–Trinajstić information content (AvgIpc) is 2.35. The third-order valence-electron chi connectivity index (χ3n) is 4.00. The first-order chi connectivity index (χ1) is 8.77. The molecule has 0 aromatic heterocycles. The maximum Gasteiger partial charge on any atom is 0.0606 e. The van der Waals surface area contributed by atoms with Crippen molar-refractivity contribution < 1.29 is 5.11 Å². The molecule has 1 aliphatic carbocycles. The van der Waals surface area contributed by atoms with Crippen LogP contribution in [0.3, 0.4) is 0 Å². The predicted octanol–water partition coefficient (Wildman–Crippen LogP) is 2.32. The number of anilines is 1. The van der Waals surface area contributed by atoms with Crippen molar-refractivity contribution in [1.29, 1.82) is 0 Å². The van der Waals surface area contributed by atoms with Gasteiger partial charge in [0.15, 0.2) is 0 Å². The summed E-state index contributed by atoms with van der Waals surface area (Å²) in [7, 11) is 1.99. The van der Waals surface area contributed by atoms with E-state index in [0.717, 1.165) is 6.54 Å². The number of para-hydroxylation sites is 1. The van der Waals surface area contributed by atoms with Gasteiger partial charge in [-0.05, 0) is 44.9 Å². The van der Waals surface area contributed by atoms with Crippen molar-refractivity contribution in [2.75, 3.05) is 25.1 Å². The van der Waals surface area contributed by atoms with Gasteiger partial charge in [0.2, 0.25) is 0 Å². The fourth-order valence-corrected chi connectivity index (χ4v) is 2.58.